The van der Waals surface area contributed by atoms with Crippen LogP contribution in [0.4, 0.5) is 0 Å². The molecule has 0 aromatic heterocycles. The summed E-state index contributed by atoms with van der Waals surface area (Å²) in [7, 11) is 17.6. The van der Waals surface area contributed by atoms with Crippen molar-refractivity contribution < 1.29 is 15.6 Å². The molecule has 4 heteroatoms. The number of halogens is 2. The Morgan fingerprint density at radius 2 is 1.20 bits per heavy atom. The standard InChI is InChI=1S/C26H31.C19H19.C2H7Si.2ClH.Zr/c1-18-8-10-19(11-9-18)22-16-21-6-5-7-24(25(21)17-22)20-12-14-23(15-13-20)26(2,3)4;1-13(2)15-7-9-16(10-8-15)18-6-4-5-17-11-14(3)12-19(17)18;1-3-2;;;/h5-7,12-19H,8-11H2,1-4H3;4-13H,1-3H3;3H,1-2H3;2*1H;/q;;;;;+2/p-2. The van der Waals surface area contributed by atoms with Gasteiger partial charge in [-0.15, -0.1) is 0 Å². The van der Waals surface area contributed by atoms with Crippen molar-refractivity contribution in [1.82, 2.24) is 0 Å². The second kappa shape index (κ2) is 13.7. The predicted octanol–water partition coefficient (Wildman–Crippen LogP) is 14.8. The molecule has 0 bridgehead atoms. The maximum absolute atomic E-state index is 8.81. The van der Waals surface area contributed by atoms with E-state index in [0.29, 0.717) is 11.8 Å². The van der Waals surface area contributed by atoms with Crippen molar-refractivity contribution in [2.75, 3.05) is 0 Å². The zero-order valence-electron chi connectivity index (χ0n) is 32.3. The Labute approximate surface area is 317 Å². The number of hydrogen-bond donors (Lipinski definition) is 0. The molecular weight excluding hydrogens is 755 g/mol. The summed E-state index contributed by atoms with van der Waals surface area (Å²) in [5, 5.41) is 0. The molecule has 3 aliphatic carbocycles. The van der Waals surface area contributed by atoms with Gasteiger partial charge in [-0.3, -0.25) is 0 Å². The molecule has 3 aliphatic rings. The molecule has 7 rings (SSSR count). The number of rotatable bonds is 7. The Kier molecular flexibility index (Phi) is 10.0. The van der Waals surface area contributed by atoms with E-state index in [1.807, 2.05) is 0 Å². The van der Waals surface area contributed by atoms with Gasteiger partial charge in [-0.05, 0) is 0 Å². The van der Waals surface area contributed by atoms with E-state index >= 15 is 0 Å². The molecule has 1 saturated carbocycles. The van der Waals surface area contributed by atoms with Crippen LogP contribution in [-0.2, 0) is 21.0 Å². The molecule has 0 heterocycles. The molecule has 0 radical (unpaired) electrons. The molecule has 267 valence electrons. The fourth-order valence-electron chi connectivity index (χ4n) is 9.81. The first kappa shape index (κ1) is 37.4. The first-order valence-electron chi connectivity index (χ1n) is 19.5. The second-order valence-corrected chi connectivity index (χ2v) is 60.5. The normalized spacial score (nSPS) is 22.7. The van der Waals surface area contributed by atoms with Gasteiger partial charge in [0.1, 0.15) is 0 Å². The van der Waals surface area contributed by atoms with Gasteiger partial charge >= 0.3 is 320 Å². The van der Waals surface area contributed by atoms with E-state index in [0.717, 1.165) is 5.92 Å². The molecule has 0 spiro atoms. The van der Waals surface area contributed by atoms with Gasteiger partial charge in [-0.1, -0.05) is 0 Å². The van der Waals surface area contributed by atoms with Crippen LogP contribution in [0.15, 0.2) is 96.1 Å². The molecule has 1 fully saturated rings. The van der Waals surface area contributed by atoms with E-state index in [2.05, 4.69) is 159 Å². The van der Waals surface area contributed by atoms with Crippen molar-refractivity contribution in [2.45, 2.75) is 106 Å². The van der Waals surface area contributed by atoms with Gasteiger partial charge in [0.05, 0.1) is 0 Å². The first-order chi connectivity index (χ1) is 24.1. The third-order valence-corrected chi connectivity index (χ3v) is 65.0. The summed E-state index contributed by atoms with van der Waals surface area (Å²) in [6.07, 6.45) is 10.1. The van der Waals surface area contributed by atoms with Crippen LogP contribution >= 0.6 is 17.0 Å². The summed E-state index contributed by atoms with van der Waals surface area (Å²) in [4.78, 5) is 0. The van der Waals surface area contributed by atoms with Gasteiger partial charge in [0.15, 0.2) is 0 Å². The topological polar surface area (TPSA) is 0 Å². The summed E-state index contributed by atoms with van der Waals surface area (Å²) in [5.41, 5.74) is 16.4. The van der Waals surface area contributed by atoms with E-state index in [9.17, 15) is 0 Å². The van der Waals surface area contributed by atoms with E-state index in [1.165, 1.54) is 86.9 Å². The van der Waals surface area contributed by atoms with Crippen LogP contribution in [0.2, 0.25) is 13.1 Å². The van der Waals surface area contributed by atoms with Crippen LogP contribution in [0.25, 0.3) is 34.4 Å². The Morgan fingerprint density at radius 3 is 1.71 bits per heavy atom. The number of allylic oxidation sites excluding steroid dienone is 2. The first-order valence-corrected chi connectivity index (χ1v) is 35.8. The van der Waals surface area contributed by atoms with E-state index in [1.54, 1.807) is 5.57 Å². The third-order valence-electron chi connectivity index (χ3n) is 13.0. The van der Waals surface area contributed by atoms with E-state index in [-0.39, 0.29) is 12.7 Å². The van der Waals surface area contributed by atoms with Gasteiger partial charge in [0.2, 0.25) is 0 Å². The summed E-state index contributed by atoms with van der Waals surface area (Å²) in [6, 6.07) is 32.4. The minimum absolute atomic E-state index is 0.0999. The van der Waals surface area contributed by atoms with E-state index < -0.39 is 21.5 Å². The zero-order chi connectivity index (χ0) is 36.5. The number of benzene rings is 4. The summed E-state index contributed by atoms with van der Waals surface area (Å²) < 4.78 is 0.222. The van der Waals surface area contributed by atoms with Crippen molar-refractivity contribution in [3.63, 3.8) is 0 Å². The van der Waals surface area contributed by atoms with Gasteiger partial charge in [-0.25, -0.2) is 0 Å². The monoisotopic (exact) mass is 809 g/mol. The van der Waals surface area contributed by atoms with Gasteiger partial charge in [0.25, 0.3) is 0 Å². The average Bonchev–Trinajstić information content (AvgIpc) is 3.67. The van der Waals surface area contributed by atoms with Crippen molar-refractivity contribution >= 4 is 35.1 Å². The Bertz CT molecular complexity index is 2000. The minimum atomic E-state index is -4.87. The van der Waals surface area contributed by atoms with E-state index in [4.69, 9.17) is 17.0 Å². The SMILES string of the molecule is CC1=Cc2c(-c3ccc(C(C)C)cc3)cccc2[CH]1[Zr]([Cl])([Cl])([CH]1C(C2CCC(C)CC2)=Cc2c(-c3ccc(C(C)(C)C)cc3)cccc21)[SiH](C)C. The molecule has 0 nitrogen and oxygen atoms in total. The molecule has 2 unspecified atom stereocenters. The fraction of sp³-hybridized carbons (Fsp3) is 0.404. The van der Waals surface area contributed by atoms with Gasteiger partial charge in [-0.2, -0.15) is 0 Å². The Balaban J connectivity index is 1.40. The summed E-state index contributed by atoms with van der Waals surface area (Å²) >= 11 is -4.87. The predicted molar refractivity (Wildman–Crippen MR) is 225 cm³/mol. The molecule has 0 N–H and O–H groups in total. The molecular formula is C47H57Cl2SiZr. The van der Waals surface area contributed by atoms with Crippen LogP contribution < -0.4 is 0 Å². The van der Waals surface area contributed by atoms with Crippen LogP contribution in [0, 0.1) is 11.8 Å². The molecule has 0 aliphatic heterocycles. The molecule has 0 saturated heterocycles. The van der Waals surface area contributed by atoms with Gasteiger partial charge in [0, 0.05) is 0 Å². The van der Waals surface area contributed by atoms with Crippen molar-refractivity contribution in [3.8, 4) is 22.3 Å². The molecule has 4 aromatic carbocycles. The molecule has 2 atom stereocenters. The average molecular weight is 812 g/mol. The summed E-state index contributed by atoms with van der Waals surface area (Å²) in [6.45, 7) is 21.1. The second-order valence-electron chi connectivity index (χ2n) is 18.0. The number of hydrogen-bond acceptors (Lipinski definition) is 0. The molecule has 51 heavy (non-hydrogen) atoms. The Hall–Kier alpha value is -1.96. The Morgan fingerprint density at radius 1 is 0.686 bits per heavy atom. The number of fused-ring (bicyclic) bond motifs is 2. The van der Waals surface area contributed by atoms with Crippen LogP contribution in [0.1, 0.15) is 121 Å². The van der Waals surface area contributed by atoms with Crippen molar-refractivity contribution in [1.29, 1.82) is 0 Å². The van der Waals surface area contributed by atoms with Crippen LogP contribution in [-0.4, -0.2) is 5.92 Å². The quantitative estimate of drug-likeness (QED) is 0.163. The third kappa shape index (κ3) is 6.41. The van der Waals surface area contributed by atoms with Crippen LogP contribution in [0.5, 0.6) is 0 Å². The summed E-state index contributed by atoms with van der Waals surface area (Å²) in [5.74, 6) is 0.182. The fourth-order valence-corrected chi connectivity index (χ4v) is 41.8. The maximum atomic E-state index is 8.81. The molecule has 4 aromatic rings. The zero-order valence-corrected chi connectivity index (χ0v) is 37.4. The molecule has 0 amide bonds. The van der Waals surface area contributed by atoms with Gasteiger partial charge < -0.3 is 0 Å². The van der Waals surface area contributed by atoms with Crippen molar-refractivity contribution in [3.05, 3.63) is 129 Å². The van der Waals surface area contributed by atoms with Crippen molar-refractivity contribution in [2.24, 2.45) is 11.8 Å². The van der Waals surface area contributed by atoms with Crippen LogP contribution in [0.3, 0.4) is 0 Å².